The van der Waals surface area contributed by atoms with Crippen molar-refractivity contribution in [1.29, 1.82) is 0 Å². The summed E-state index contributed by atoms with van der Waals surface area (Å²) in [5, 5.41) is 1.15. The third-order valence-electron chi connectivity index (χ3n) is 4.49. The molecule has 2 nitrogen and oxygen atoms in total. The van der Waals surface area contributed by atoms with E-state index in [0.717, 1.165) is 43.2 Å². The predicted octanol–water partition coefficient (Wildman–Crippen LogP) is 3.38. The summed E-state index contributed by atoms with van der Waals surface area (Å²) in [7, 11) is 1.89. The number of rotatable bonds is 3. The van der Waals surface area contributed by atoms with Gasteiger partial charge in [0.2, 0.25) is 0 Å². The Labute approximate surface area is 107 Å². The fourth-order valence-electron chi connectivity index (χ4n) is 3.40. The van der Waals surface area contributed by atoms with Crippen LogP contribution in [0.1, 0.15) is 38.5 Å². The number of hydrogen-bond donors (Lipinski definition) is 0. The van der Waals surface area contributed by atoms with E-state index in [-0.39, 0.29) is 5.60 Å². The van der Waals surface area contributed by atoms with Crippen LogP contribution in [0.5, 0.6) is 0 Å². The summed E-state index contributed by atoms with van der Waals surface area (Å²) < 4.78 is 11.4. The van der Waals surface area contributed by atoms with Crippen molar-refractivity contribution in [2.75, 3.05) is 25.7 Å². The highest BCUT2D eigenvalue weighted by molar-refractivity contribution is 9.09. The lowest BCUT2D eigenvalue weighted by Gasteiger charge is -2.45. The molecule has 2 fully saturated rings. The molecule has 16 heavy (non-hydrogen) atoms. The number of alkyl halides is 1. The molecule has 2 rings (SSSR count). The molecule has 0 bridgehead atoms. The minimum absolute atomic E-state index is 0.124. The highest BCUT2D eigenvalue weighted by Crippen LogP contribution is 2.43. The van der Waals surface area contributed by atoms with Crippen molar-refractivity contribution in [3.63, 3.8) is 0 Å². The second-order valence-corrected chi connectivity index (χ2v) is 5.91. The molecule has 0 N–H and O–H groups in total. The van der Waals surface area contributed by atoms with Crippen LogP contribution in [0.15, 0.2) is 0 Å². The summed E-state index contributed by atoms with van der Waals surface area (Å²) in [6.45, 7) is 1.76. The van der Waals surface area contributed by atoms with Crippen molar-refractivity contribution < 1.29 is 9.47 Å². The first-order valence-electron chi connectivity index (χ1n) is 6.49. The van der Waals surface area contributed by atoms with Gasteiger partial charge in [-0.05, 0) is 31.1 Å². The van der Waals surface area contributed by atoms with Crippen molar-refractivity contribution in [2.24, 2.45) is 11.8 Å². The second kappa shape index (κ2) is 5.83. The summed E-state index contributed by atoms with van der Waals surface area (Å²) in [6, 6.07) is 0. The molecule has 2 unspecified atom stereocenters. The highest BCUT2D eigenvalue weighted by atomic mass is 79.9. The number of hydrogen-bond acceptors (Lipinski definition) is 2. The zero-order chi connectivity index (χ0) is 11.4. The van der Waals surface area contributed by atoms with Crippen LogP contribution < -0.4 is 0 Å². The van der Waals surface area contributed by atoms with Crippen LogP contribution in [0.3, 0.4) is 0 Å². The van der Waals surface area contributed by atoms with Gasteiger partial charge >= 0.3 is 0 Å². The van der Waals surface area contributed by atoms with Crippen LogP contribution in [0.25, 0.3) is 0 Å². The molecule has 0 aromatic rings. The third kappa shape index (κ3) is 2.62. The molecule has 1 saturated heterocycles. The maximum atomic E-state index is 5.92. The summed E-state index contributed by atoms with van der Waals surface area (Å²) in [5.74, 6) is 1.60. The number of ether oxygens (including phenoxy) is 2. The van der Waals surface area contributed by atoms with E-state index in [0.29, 0.717) is 0 Å². The van der Waals surface area contributed by atoms with Crippen molar-refractivity contribution in [2.45, 2.75) is 44.1 Å². The molecule has 3 heteroatoms. The van der Waals surface area contributed by atoms with Gasteiger partial charge in [-0.15, -0.1) is 0 Å². The molecule has 0 amide bonds. The largest absolute Gasteiger partial charge is 0.381 e. The van der Waals surface area contributed by atoms with Crippen LogP contribution in [-0.4, -0.2) is 31.3 Å². The lowest BCUT2D eigenvalue weighted by molar-refractivity contribution is -0.134. The van der Waals surface area contributed by atoms with Gasteiger partial charge in [0.25, 0.3) is 0 Å². The summed E-state index contributed by atoms with van der Waals surface area (Å²) >= 11 is 3.64. The van der Waals surface area contributed by atoms with E-state index >= 15 is 0 Å². The molecule has 0 spiro atoms. The van der Waals surface area contributed by atoms with Gasteiger partial charge in [-0.2, -0.15) is 0 Å². The van der Waals surface area contributed by atoms with Gasteiger partial charge in [0.1, 0.15) is 0 Å². The maximum Gasteiger partial charge on any atom is 0.0750 e. The van der Waals surface area contributed by atoms with E-state index in [9.17, 15) is 0 Å². The first kappa shape index (κ1) is 12.8. The van der Waals surface area contributed by atoms with E-state index in [1.165, 1.54) is 25.7 Å². The highest BCUT2D eigenvalue weighted by Gasteiger charge is 2.42. The maximum absolute atomic E-state index is 5.92. The average Bonchev–Trinajstić information content (AvgIpc) is 2.39. The van der Waals surface area contributed by atoms with Gasteiger partial charge in [0, 0.05) is 38.5 Å². The Morgan fingerprint density at radius 3 is 2.69 bits per heavy atom. The number of halogens is 1. The van der Waals surface area contributed by atoms with Crippen LogP contribution in [0, 0.1) is 11.8 Å². The Morgan fingerprint density at radius 2 is 2.06 bits per heavy atom. The molecule has 1 aliphatic carbocycles. The molecule has 2 atom stereocenters. The van der Waals surface area contributed by atoms with Crippen molar-refractivity contribution in [3.05, 3.63) is 0 Å². The minimum Gasteiger partial charge on any atom is -0.381 e. The van der Waals surface area contributed by atoms with Crippen molar-refractivity contribution >= 4 is 15.9 Å². The Hall–Kier alpha value is 0.400. The monoisotopic (exact) mass is 290 g/mol. The molecule has 1 saturated carbocycles. The normalized spacial score (nSPS) is 34.9. The van der Waals surface area contributed by atoms with E-state index < -0.39 is 0 Å². The van der Waals surface area contributed by atoms with E-state index in [4.69, 9.17) is 9.47 Å². The molecule has 2 aliphatic rings. The molecule has 1 heterocycles. The van der Waals surface area contributed by atoms with E-state index in [1.54, 1.807) is 0 Å². The Morgan fingerprint density at radius 1 is 1.31 bits per heavy atom. The van der Waals surface area contributed by atoms with E-state index in [2.05, 4.69) is 15.9 Å². The van der Waals surface area contributed by atoms with Crippen molar-refractivity contribution in [3.8, 4) is 0 Å². The quantitative estimate of drug-likeness (QED) is 0.742. The molecule has 0 aromatic carbocycles. The van der Waals surface area contributed by atoms with Gasteiger partial charge in [0.05, 0.1) is 5.60 Å². The third-order valence-corrected chi connectivity index (χ3v) is 5.41. The van der Waals surface area contributed by atoms with Crippen LogP contribution in [0.2, 0.25) is 0 Å². The lowest BCUT2D eigenvalue weighted by atomic mass is 9.70. The smallest absolute Gasteiger partial charge is 0.0750 e. The van der Waals surface area contributed by atoms with Crippen LogP contribution in [0.4, 0.5) is 0 Å². The average molecular weight is 291 g/mol. The SMILES string of the molecule is COC1(C2CCCC(CBr)C2)CCOCC1. The minimum atomic E-state index is 0.124. The van der Waals surface area contributed by atoms with Gasteiger partial charge in [-0.25, -0.2) is 0 Å². The van der Waals surface area contributed by atoms with Crippen LogP contribution in [-0.2, 0) is 9.47 Å². The molecule has 0 aromatic heterocycles. The van der Waals surface area contributed by atoms with Crippen LogP contribution >= 0.6 is 15.9 Å². The van der Waals surface area contributed by atoms with Gasteiger partial charge in [-0.3, -0.25) is 0 Å². The van der Waals surface area contributed by atoms with E-state index in [1.807, 2.05) is 7.11 Å². The Kier molecular flexibility index (Phi) is 4.68. The summed E-state index contributed by atoms with van der Waals surface area (Å²) in [4.78, 5) is 0. The Balaban J connectivity index is 2.01. The fourth-order valence-corrected chi connectivity index (χ4v) is 3.99. The first-order valence-corrected chi connectivity index (χ1v) is 7.62. The summed E-state index contributed by atoms with van der Waals surface area (Å²) in [5.41, 5.74) is 0.124. The zero-order valence-corrected chi connectivity index (χ0v) is 11.8. The molecular weight excluding hydrogens is 268 g/mol. The topological polar surface area (TPSA) is 18.5 Å². The molecule has 1 aliphatic heterocycles. The number of methoxy groups -OCH3 is 1. The van der Waals surface area contributed by atoms with Gasteiger partial charge < -0.3 is 9.47 Å². The van der Waals surface area contributed by atoms with Gasteiger partial charge in [-0.1, -0.05) is 22.4 Å². The molecule has 94 valence electrons. The van der Waals surface area contributed by atoms with Gasteiger partial charge in [0.15, 0.2) is 0 Å². The Bertz CT molecular complexity index is 214. The second-order valence-electron chi connectivity index (χ2n) is 5.27. The predicted molar refractivity (Wildman–Crippen MR) is 69.0 cm³/mol. The molecule has 0 radical (unpaired) electrons. The fraction of sp³-hybridized carbons (Fsp3) is 1.00. The zero-order valence-electron chi connectivity index (χ0n) is 10.2. The first-order chi connectivity index (χ1) is 7.80. The molecular formula is C13H23BrO2. The lowest BCUT2D eigenvalue weighted by Crippen LogP contribution is -2.46. The summed E-state index contributed by atoms with van der Waals surface area (Å²) in [6.07, 6.45) is 7.60. The standard InChI is InChI=1S/C13H23BrO2/c1-15-13(5-7-16-8-6-13)12-4-2-3-11(9-12)10-14/h11-12H,2-10H2,1H3. The van der Waals surface area contributed by atoms with Crippen molar-refractivity contribution in [1.82, 2.24) is 0 Å².